The summed E-state index contributed by atoms with van der Waals surface area (Å²) in [6.45, 7) is 0. The number of hydrogen-bond acceptors (Lipinski definition) is 4. The Morgan fingerprint density at radius 2 is 1.72 bits per heavy atom. The minimum absolute atomic E-state index is 0.190. The molecule has 0 aromatic heterocycles. The van der Waals surface area contributed by atoms with Crippen LogP contribution in [0.3, 0.4) is 0 Å². The van der Waals surface area contributed by atoms with E-state index in [9.17, 15) is 9.59 Å². The zero-order chi connectivity index (χ0) is 20.2. The van der Waals surface area contributed by atoms with Gasteiger partial charge in [-0.05, 0) is 47.5 Å². The predicted octanol–water partition coefficient (Wildman–Crippen LogP) is 5.58. The van der Waals surface area contributed by atoms with Crippen LogP contribution in [-0.2, 0) is 4.79 Å². The van der Waals surface area contributed by atoms with Gasteiger partial charge >= 0.3 is 5.97 Å². The van der Waals surface area contributed by atoms with Gasteiger partial charge in [0.2, 0.25) is 5.78 Å². The number of halogens is 1. The molecule has 0 bridgehead atoms. The van der Waals surface area contributed by atoms with Gasteiger partial charge in [0.15, 0.2) is 5.76 Å². The number of ketones is 1. The van der Waals surface area contributed by atoms with Crippen LogP contribution >= 0.6 is 11.6 Å². The number of fused-ring (bicyclic) bond motifs is 1. The molecule has 0 saturated carbocycles. The van der Waals surface area contributed by atoms with Crippen molar-refractivity contribution < 1.29 is 19.1 Å². The molecule has 0 unspecified atom stereocenters. The summed E-state index contributed by atoms with van der Waals surface area (Å²) in [6.07, 6.45) is 4.64. The molecule has 29 heavy (non-hydrogen) atoms. The van der Waals surface area contributed by atoms with Crippen molar-refractivity contribution in [2.45, 2.75) is 0 Å². The molecule has 3 aromatic rings. The second kappa shape index (κ2) is 8.17. The van der Waals surface area contributed by atoms with Crippen LogP contribution in [0, 0.1) is 0 Å². The van der Waals surface area contributed by atoms with Crippen LogP contribution in [0.15, 0.2) is 84.6 Å². The first-order valence-electron chi connectivity index (χ1n) is 8.87. The normalized spacial score (nSPS) is 14.1. The van der Waals surface area contributed by atoms with Gasteiger partial charge in [-0.1, -0.05) is 54.1 Å². The van der Waals surface area contributed by atoms with E-state index in [4.69, 9.17) is 21.1 Å². The van der Waals surface area contributed by atoms with Crippen molar-refractivity contribution in [3.05, 3.63) is 106 Å². The number of ether oxygens (including phenoxy) is 2. The highest BCUT2D eigenvalue weighted by molar-refractivity contribution is 6.30. The van der Waals surface area contributed by atoms with E-state index in [0.717, 1.165) is 11.1 Å². The number of Topliss-reactive ketones (excluding diaryl/α,β-unsaturated/α-hetero) is 1. The maximum Gasteiger partial charge on any atom is 0.336 e. The average molecular weight is 403 g/mol. The fraction of sp³-hybridized carbons (Fsp3) is 0. The molecular formula is C24H15ClO4. The number of carbonyl (C=O) groups excluding carboxylic acids is 2. The van der Waals surface area contributed by atoms with Gasteiger partial charge in [0.1, 0.15) is 11.5 Å². The Bertz CT molecular complexity index is 1150. The molecular weight excluding hydrogens is 388 g/mol. The molecule has 142 valence electrons. The van der Waals surface area contributed by atoms with E-state index in [2.05, 4.69) is 0 Å². The Morgan fingerprint density at radius 3 is 2.52 bits per heavy atom. The Kier molecular flexibility index (Phi) is 5.27. The van der Waals surface area contributed by atoms with Gasteiger partial charge in [-0.25, -0.2) is 4.79 Å². The second-order valence-corrected chi connectivity index (χ2v) is 6.75. The summed E-state index contributed by atoms with van der Waals surface area (Å²) in [5.74, 6) is 0.0771. The van der Waals surface area contributed by atoms with Gasteiger partial charge < -0.3 is 9.47 Å². The lowest BCUT2D eigenvalue weighted by molar-refractivity contribution is -0.128. The summed E-state index contributed by atoms with van der Waals surface area (Å²) in [5.41, 5.74) is 2.06. The number of allylic oxidation sites excluding steroid dienone is 1. The highest BCUT2D eigenvalue weighted by Crippen LogP contribution is 2.35. The summed E-state index contributed by atoms with van der Waals surface area (Å²) in [6, 6.07) is 21.2. The highest BCUT2D eigenvalue weighted by Gasteiger charge is 2.28. The number of esters is 1. The van der Waals surface area contributed by atoms with Crippen LogP contribution in [0.4, 0.5) is 0 Å². The first kappa shape index (κ1) is 18.7. The lowest BCUT2D eigenvalue weighted by atomic mass is 10.1. The standard InChI is InChI=1S/C24H15ClO4/c25-18-8-4-7-17(13-18)14-22-24(27)20-11-10-19(15-21(20)29-22)28-23(26)12-9-16-5-2-1-3-6-16/h1-15H. The Morgan fingerprint density at radius 1 is 0.931 bits per heavy atom. The lowest BCUT2D eigenvalue weighted by Gasteiger charge is -2.03. The predicted molar refractivity (Wildman–Crippen MR) is 112 cm³/mol. The SMILES string of the molecule is O=C(C=Cc1ccccc1)Oc1ccc2c(c1)OC(=Cc1cccc(Cl)c1)C2=O. The molecule has 1 aliphatic rings. The Labute approximate surface area is 172 Å². The largest absolute Gasteiger partial charge is 0.452 e. The molecule has 0 fully saturated rings. The third-order valence-corrected chi connectivity index (χ3v) is 4.45. The van der Waals surface area contributed by atoms with Crippen molar-refractivity contribution >= 4 is 35.5 Å². The van der Waals surface area contributed by atoms with Crippen molar-refractivity contribution in [2.75, 3.05) is 0 Å². The molecule has 0 spiro atoms. The van der Waals surface area contributed by atoms with E-state index in [1.807, 2.05) is 36.4 Å². The van der Waals surface area contributed by atoms with Gasteiger partial charge in [0.05, 0.1) is 5.56 Å². The van der Waals surface area contributed by atoms with Gasteiger partial charge in [-0.3, -0.25) is 4.79 Å². The number of benzene rings is 3. The van der Waals surface area contributed by atoms with Crippen molar-refractivity contribution in [2.24, 2.45) is 0 Å². The summed E-state index contributed by atoms with van der Waals surface area (Å²) in [7, 11) is 0. The molecule has 0 radical (unpaired) electrons. The molecule has 1 aliphatic heterocycles. The van der Waals surface area contributed by atoms with E-state index in [1.54, 1.807) is 42.5 Å². The van der Waals surface area contributed by atoms with Gasteiger partial charge in [-0.2, -0.15) is 0 Å². The maximum absolute atomic E-state index is 12.5. The van der Waals surface area contributed by atoms with Gasteiger partial charge in [0, 0.05) is 17.2 Å². The van der Waals surface area contributed by atoms with Crippen molar-refractivity contribution in [3.8, 4) is 11.5 Å². The van der Waals surface area contributed by atoms with Crippen LogP contribution in [0.2, 0.25) is 5.02 Å². The molecule has 0 atom stereocenters. The molecule has 3 aromatic carbocycles. The van der Waals surface area contributed by atoms with Crippen molar-refractivity contribution in [3.63, 3.8) is 0 Å². The van der Waals surface area contributed by atoms with E-state index in [0.29, 0.717) is 22.1 Å². The fourth-order valence-corrected chi connectivity index (χ4v) is 3.06. The van der Waals surface area contributed by atoms with Crippen LogP contribution in [-0.4, -0.2) is 11.8 Å². The van der Waals surface area contributed by atoms with Crippen molar-refractivity contribution in [1.29, 1.82) is 0 Å². The van der Waals surface area contributed by atoms with Gasteiger partial charge in [-0.15, -0.1) is 0 Å². The molecule has 1 heterocycles. The maximum atomic E-state index is 12.5. The monoisotopic (exact) mass is 402 g/mol. The van der Waals surface area contributed by atoms with Gasteiger partial charge in [0.25, 0.3) is 0 Å². The molecule has 0 amide bonds. The third-order valence-electron chi connectivity index (χ3n) is 4.22. The quantitative estimate of drug-likeness (QED) is 0.325. The fourth-order valence-electron chi connectivity index (χ4n) is 2.86. The molecule has 5 heteroatoms. The Hall–Kier alpha value is -3.63. The third kappa shape index (κ3) is 4.45. The van der Waals surface area contributed by atoms with E-state index >= 15 is 0 Å². The zero-order valence-corrected chi connectivity index (χ0v) is 15.9. The minimum Gasteiger partial charge on any atom is -0.452 e. The zero-order valence-electron chi connectivity index (χ0n) is 15.2. The van der Waals surface area contributed by atoms with Crippen LogP contribution in [0.5, 0.6) is 11.5 Å². The van der Waals surface area contributed by atoms with Crippen molar-refractivity contribution in [1.82, 2.24) is 0 Å². The summed E-state index contributed by atoms with van der Waals surface area (Å²) in [5, 5.41) is 0.570. The van der Waals surface area contributed by atoms with E-state index < -0.39 is 5.97 Å². The summed E-state index contributed by atoms with van der Waals surface area (Å²) >= 11 is 5.98. The second-order valence-electron chi connectivity index (χ2n) is 6.32. The first-order valence-corrected chi connectivity index (χ1v) is 9.25. The van der Waals surface area contributed by atoms with E-state index in [1.165, 1.54) is 12.1 Å². The smallest absolute Gasteiger partial charge is 0.336 e. The average Bonchev–Trinajstić information content (AvgIpc) is 3.02. The molecule has 0 saturated heterocycles. The number of rotatable bonds is 4. The molecule has 4 nitrogen and oxygen atoms in total. The molecule has 0 aliphatic carbocycles. The minimum atomic E-state index is -0.521. The molecule has 0 N–H and O–H groups in total. The highest BCUT2D eigenvalue weighted by atomic mass is 35.5. The lowest BCUT2D eigenvalue weighted by Crippen LogP contribution is -2.03. The summed E-state index contributed by atoms with van der Waals surface area (Å²) < 4.78 is 11.0. The topological polar surface area (TPSA) is 52.6 Å². The number of carbonyl (C=O) groups is 2. The first-order chi connectivity index (χ1) is 14.1. The summed E-state index contributed by atoms with van der Waals surface area (Å²) in [4.78, 5) is 24.6. The van der Waals surface area contributed by atoms with Crippen LogP contribution in [0.1, 0.15) is 21.5 Å². The number of hydrogen-bond donors (Lipinski definition) is 0. The van der Waals surface area contributed by atoms with E-state index in [-0.39, 0.29) is 11.5 Å². The Balaban J connectivity index is 1.49. The van der Waals surface area contributed by atoms with Crippen LogP contribution < -0.4 is 9.47 Å². The molecule has 4 rings (SSSR count). The van der Waals surface area contributed by atoms with Crippen LogP contribution in [0.25, 0.3) is 12.2 Å².